The Morgan fingerprint density at radius 2 is 1.88 bits per heavy atom. The number of aromatic nitrogens is 2. The number of rotatable bonds is 5. The Hall–Kier alpha value is -3.82. The minimum absolute atomic E-state index is 0.168. The molecule has 1 aliphatic carbocycles. The van der Waals surface area contributed by atoms with Crippen molar-refractivity contribution in [2.24, 2.45) is 5.92 Å². The van der Waals surface area contributed by atoms with Crippen LogP contribution in [0.5, 0.6) is 0 Å². The molecule has 1 saturated carbocycles. The van der Waals surface area contributed by atoms with Crippen LogP contribution in [0.2, 0.25) is 0 Å². The lowest BCUT2D eigenvalue weighted by Crippen LogP contribution is -2.40. The van der Waals surface area contributed by atoms with Crippen LogP contribution < -0.4 is 16.0 Å². The summed E-state index contributed by atoms with van der Waals surface area (Å²) in [7, 11) is 1.54. The number of amides is 3. The van der Waals surface area contributed by atoms with Crippen LogP contribution in [0.3, 0.4) is 0 Å². The lowest BCUT2D eigenvalue weighted by Gasteiger charge is -2.18. The van der Waals surface area contributed by atoms with Crippen LogP contribution in [-0.4, -0.2) is 35.2 Å². The molecule has 2 aromatic carbocycles. The fourth-order valence-electron chi connectivity index (χ4n) is 3.90. The summed E-state index contributed by atoms with van der Waals surface area (Å²) in [5, 5.41) is 11.7. The number of halogens is 2. The number of hydrogen-bond acceptors (Lipinski definition) is 5. The summed E-state index contributed by atoms with van der Waals surface area (Å²) < 4.78 is 32.7. The zero-order valence-corrected chi connectivity index (χ0v) is 17.1. The first-order valence-corrected chi connectivity index (χ1v) is 10.1. The number of carbonyl (C=O) groups is 2. The van der Waals surface area contributed by atoms with Crippen molar-refractivity contribution in [2.75, 3.05) is 12.4 Å². The molecule has 3 N–H and O–H groups in total. The van der Waals surface area contributed by atoms with Crippen molar-refractivity contribution in [1.82, 2.24) is 20.8 Å². The molecule has 0 saturated heterocycles. The summed E-state index contributed by atoms with van der Waals surface area (Å²) in [4.78, 5) is 29.2. The zero-order valence-electron chi connectivity index (χ0n) is 17.1. The van der Waals surface area contributed by atoms with Crippen molar-refractivity contribution >= 4 is 17.6 Å². The van der Waals surface area contributed by atoms with Gasteiger partial charge in [0.1, 0.15) is 11.6 Å². The molecule has 1 aliphatic rings. The van der Waals surface area contributed by atoms with Crippen molar-refractivity contribution in [3.8, 4) is 11.4 Å². The van der Waals surface area contributed by atoms with E-state index < -0.39 is 29.6 Å². The number of nitrogens with one attached hydrogen (secondary N) is 3. The Kier molecular flexibility index (Phi) is 6.11. The van der Waals surface area contributed by atoms with Gasteiger partial charge in [0.2, 0.25) is 17.6 Å². The van der Waals surface area contributed by atoms with Gasteiger partial charge >= 0.3 is 6.03 Å². The second kappa shape index (κ2) is 9.13. The van der Waals surface area contributed by atoms with E-state index in [0.29, 0.717) is 18.7 Å². The van der Waals surface area contributed by atoms with Crippen molar-refractivity contribution in [1.29, 1.82) is 0 Å². The first-order chi connectivity index (χ1) is 15.4. The minimum atomic E-state index is -0.767. The van der Waals surface area contributed by atoms with E-state index in [9.17, 15) is 18.4 Å². The average molecular weight is 441 g/mol. The maximum Gasteiger partial charge on any atom is 0.319 e. The molecule has 3 atom stereocenters. The van der Waals surface area contributed by atoms with E-state index in [4.69, 9.17) is 4.52 Å². The van der Waals surface area contributed by atoms with Gasteiger partial charge in [0.15, 0.2) is 0 Å². The summed E-state index contributed by atoms with van der Waals surface area (Å²) in [5.41, 5.74) is 0.483. The highest BCUT2D eigenvalue weighted by atomic mass is 19.1. The maximum absolute atomic E-state index is 13.9. The summed E-state index contributed by atoms with van der Waals surface area (Å²) in [6, 6.07) is 10.8. The molecular weight excluding hydrogens is 420 g/mol. The third kappa shape index (κ3) is 4.58. The van der Waals surface area contributed by atoms with Crippen LogP contribution in [0.4, 0.5) is 19.3 Å². The SMILES string of the molecule is CNC(=O)[C@H]1C[C@H](NC(=O)Nc2cc(F)ccc2F)[C@H](c2nc(-c3ccccc3)no2)C1. The second-order valence-electron chi connectivity index (χ2n) is 7.54. The summed E-state index contributed by atoms with van der Waals surface area (Å²) in [6.45, 7) is 0. The molecule has 0 radical (unpaired) electrons. The molecule has 0 unspecified atom stereocenters. The Morgan fingerprint density at radius 1 is 1.09 bits per heavy atom. The van der Waals surface area contributed by atoms with Gasteiger partial charge in [0, 0.05) is 30.6 Å². The topological polar surface area (TPSA) is 109 Å². The summed E-state index contributed by atoms with van der Waals surface area (Å²) in [6.07, 6.45) is 0.710. The standard InChI is InChI=1S/C22H21F2N5O3/c1-25-20(30)13-9-15(21-28-19(29-32-21)12-5-3-2-4-6-12)17(10-13)26-22(31)27-18-11-14(23)7-8-16(18)24/h2-8,11,13,15,17H,9-10H2,1H3,(H,25,30)(H2,26,27,31)/t13-,15-,17+/m1/s1. The molecule has 1 aromatic heterocycles. The maximum atomic E-state index is 13.9. The Balaban J connectivity index is 1.53. The highest BCUT2D eigenvalue weighted by Gasteiger charge is 2.42. The van der Waals surface area contributed by atoms with E-state index in [-0.39, 0.29) is 23.4 Å². The number of benzene rings is 2. The lowest BCUT2D eigenvalue weighted by molar-refractivity contribution is -0.124. The largest absolute Gasteiger partial charge is 0.359 e. The van der Waals surface area contributed by atoms with Crippen LogP contribution >= 0.6 is 0 Å². The van der Waals surface area contributed by atoms with Crippen LogP contribution in [0.1, 0.15) is 24.7 Å². The summed E-state index contributed by atoms with van der Waals surface area (Å²) >= 11 is 0. The molecule has 0 bridgehead atoms. The van der Waals surface area contributed by atoms with Crippen LogP contribution in [-0.2, 0) is 4.79 Å². The van der Waals surface area contributed by atoms with Crippen molar-refractivity contribution < 1.29 is 22.9 Å². The molecule has 10 heteroatoms. The van der Waals surface area contributed by atoms with E-state index in [1.807, 2.05) is 30.3 Å². The molecule has 32 heavy (non-hydrogen) atoms. The Bertz CT molecular complexity index is 1120. The number of nitrogens with zero attached hydrogens (tertiary/aromatic N) is 2. The molecule has 3 amide bonds. The number of anilines is 1. The number of urea groups is 1. The first kappa shape index (κ1) is 21.4. The molecule has 8 nitrogen and oxygen atoms in total. The third-order valence-electron chi connectivity index (χ3n) is 5.46. The molecule has 3 aromatic rings. The fraction of sp³-hybridized carbons (Fsp3) is 0.273. The van der Waals surface area contributed by atoms with Gasteiger partial charge < -0.3 is 20.5 Å². The van der Waals surface area contributed by atoms with E-state index >= 15 is 0 Å². The highest BCUT2D eigenvalue weighted by Crippen LogP contribution is 2.38. The number of hydrogen-bond donors (Lipinski definition) is 3. The van der Waals surface area contributed by atoms with Crippen molar-refractivity contribution in [3.05, 3.63) is 66.1 Å². The monoisotopic (exact) mass is 441 g/mol. The average Bonchev–Trinajstić information content (AvgIpc) is 3.44. The first-order valence-electron chi connectivity index (χ1n) is 10.1. The van der Waals surface area contributed by atoms with Gasteiger partial charge in [0.25, 0.3) is 0 Å². The van der Waals surface area contributed by atoms with Crippen LogP contribution in [0.25, 0.3) is 11.4 Å². The van der Waals surface area contributed by atoms with E-state index in [1.165, 1.54) is 7.05 Å². The normalized spacial score (nSPS) is 20.0. The molecular formula is C22H21F2N5O3. The zero-order chi connectivity index (χ0) is 22.7. The second-order valence-corrected chi connectivity index (χ2v) is 7.54. The predicted octanol–water partition coefficient (Wildman–Crippen LogP) is 3.44. The van der Waals surface area contributed by atoms with E-state index in [2.05, 4.69) is 26.1 Å². The van der Waals surface area contributed by atoms with Gasteiger partial charge in [-0.2, -0.15) is 4.98 Å². The van der Waals surface area contributed by atoms with Crippen LogP contribution in [0, 0.1) is 17.6 Å². The van der Waals surface area contributed by atoms with Crippen molar-refractivity contribution in [2.45, 2.75) is 24.8 Å². The quantitative estimate of drug-likeness (QED) is 0.562. The number of carbonyl (C=O) groups excluding carboxylic acids is 2. The van der Waals surface area contributed by atoms with Gasteiger partial charge in [-0.3, -0.25) is 4.79 Å². The molecule has 1 fully saturated rings. The molecule has 1 heterocycles. The van der Waals surface area contributed by atoms with E-state index in [1.54, 1.807) is 0 Å². The molecule has 166 valence electrons. The van der Waals surface area contributed by atoms with Gasteiger partial charge in [-0.05, 0) is 25.0 Å². The van der Waals surface area contributed by atoms with Gasteiger partial charge in [-0.25, -0.2) is 13.6 Å². The van der Waals surface area contributed by atoms with Gasteiger partial charge in [-0.1, -0.05) is 35.5 Å². The predicted molar refractivity (Wildman–Crippen MR) is 112 cm³/mol. The smallest absolute Gasteiger partial charge is 0.319 e. The summed E-state index contributed by atoms with van der Waals surface area (Å²) in [5.74, 6) is -1.74. The highest BCUT2D eigenvalue weighted by molar-refractivity contribution is 5.89. The Labute approximate surface area is 182 Å². The third-order valence-corrected chi connectivity index (χ3v) is 5.46. The fourth-order valence-corrected chi connectivity index (χ4v) is 3.90. The van der Waals surface area contributed by atoms with Crippen LogP contribution in [0.15, 0.2) is 53.1 Å². The molecule has 0 aliphatic heterocycles. The Morgan fingerprint density at radius 3 is 2.62 bits per heavy atom. The van der Waals surface area contributed by atoms with Crippen molar-refractivity contribution in [3.63, 3.8) is 0 Å². The minimum Gasteiger partial charge on any atom is -0.359 e. The lowest BCUT2D eigenvalue weighted by atomic mass is 10.0. The molecule has 4 rings (SSSR count). The van der Waals surface area contributed by atoms with Gasteiger partial charge in [-0.15, -0.1) is 0 Å². The molecule has 0 spiro atoms. The van der Waals surface area contributed by atoms with Gasteiger partial charge in [0.05, 0.1) is 11.6 Å². The van der Waals surface area contributed by atoms with E-state index in [0.717, 1.165) is 23.8 Å².